The van der Waals surface area contributed by atoms with Gasteiger partial charge >= 0.3 is 0 Å². The molecule has 1 heterocycles. The molecule has 4 aromatic carbocycles. The van der Waals surface area contributed by atoms with E-state index >= 15 is 0 Å². The summed E-state index contributed by atoms with van der Waals surface area (Å²) in [5, 5.41) is 19.9. The number of hydrogen-bond donors (Lipinski definition) is 1. The van der Waals surface area contributed by atoms with Gasteiger partial charge in [0, 0.05) is 35.6 Å². The zero-order valence-corrected chi connectivity index (χ0v) is 22.0. The summed E-state index contributed by atoms with van der Waals surface area (Å²) in [4.78, 5) is 0. The largest absolute Gasteiger partial charge is 0.507 e. The van der Waals surface area contributed by atoms with E-state index in [4.69, 9.17) is 28.8 Å². The van der Waals surface area contributed by atoms with E-state index in [0.717, 1.165) is 33.5 Å². The van der Waals surface area contributed by atoms with E-state index in [1.165, 1.54) is 0 Å². The maximum Gasteiger partial charge on any atom is 0.203 e. The number of benzene rings is 4. The van der Waals surface area contributed by atoms with E-state index in [0.29, 0.717) is 35.0 Å². The van der Waals surface area contributed by atoms with E-state index in [2.05, 4.69) is 12.1 Å². The number of rotatable bonds is 8. The highest BCUT2D eigenvalue weighted by Crippen LogP contribution is 2.47. The molecule has 0 aliphatic carbocycles. The number of methoxy groups -OCH3 is 5. The fourth-order valence-electron chi connectivity index (χ4n) is 5.00. The number of phenolic OH excluding ortho intramolecular Hbond substituents is 1. The lowest BCUT2D eigenvalue weighted by molar-refractivity contribution is 0.324. The zero-order valence-electron chi connectivity index (χ0n) is 22.0. The van der Waals surface area contributed by atoms with Crippen LogP contribution >= 0.6 is 0 Å². The number of hydrogen-bond acceptors (Lipinski definition) is 8. The summed E-state index contributed by atoms with van der Waals surface area (Å²) in [5.74, 6) is 3.03. The third kappa shape index (κ3) is 4.28. The van der Waals surface area contributed by atoms with Crippen LogP contribution in [0.1, 0.15) is 23.6 Å². The zero-order chi connectivity index (χ0) is 26.8. The Kier molecular flexibility index (Phi) is 6.87. The first-order chi connectivity index (χ1) is 18.5. The Morgan fingerprint density at radius 1 is 0.737 bits per heavy atom. The minimum Gasteiger partial charge on any atom is -0.507 e. The highest BCUT2D eigenvalue weighted by molar-refractivity contribution is 6.06. The average molecular weight is 515 g/mol. The lowest BCUT2D eigenvalue weighted by Gasteiger charge is -2.27. The molecule has 1 aliphatic heterocycles. The second kappa shape index (κ2) is 10.4. The first kappa shape index (κ1) is 25.1. The lowest BCUT2D eigenvalue weighted by Crippen LogP contribution is -2.19. The third-order valence-corrected chi connectivity index (χ3v) is 6.84. The van der Waals surface area contributed by atoms with Crippen LogP contribution in [0.25, 0.3) is 10.8 Å². The summed E-state index contributed by atoms with van der Waals surface area (Å²) in [7, 11) is 7.99. The van der Waals surface area contributed by atoms with Gasteiger partial charge in [-0.25, -0.2) is 0 Å². The quantitative estimate of drug-likeness (QED) is 0.311. The standard InChI is InChI=1S/C30H30N2O6/c1-34-19-10-11-23(26(33)16-19)24-17-25(21-12-13-27(35-2)22-9-7-6-8-20(21)22)32(31-24)18-14-28(36-3)30(38-5)29(15-18)37-4/h6-16,25,33H,17H2,1-5H3. The fourth-order valence-corrected chi connectivity index (χ4v) is 5.00. The highest BCUT2D eigenvalue weighted by Gasteiger charge is 2.33. The Hall–Kier alpha value is -4.59. The molecule has 5 rings (SSSR count). The maximum atomic E-state index is 10.8. The average Bonchev–Trinajstić information content (AvgIpc) is 3.40. The van der Waals surface area contributed by atoms with E-state index in [9.17, 15) is 5.11 Å². The predicted octanol–water partition coefficient (Wildman–Crippen LogP) is 5.94. The minimum absolute atomic E-state index is 0.105. The van der Waals surface area contributed by atoms with Crippen molar-refractivity contribution in [2.75, 3.05) is 40.6 Å². The van der Waals surface area contributed by atoms with Crippen molar-refractivity contribution in [2.45, 2.75) is 12.5 Å². The Balaban J connectivity index is 1.70. The van der Waals surface area contributed by atoms with Gasteiger partial charge in [0.2, 0.25) is 5.75 Å². The topological polar surface area (TPSA) is 82.0 Å². The van der Waals surface area contributed by atoms with Crippen LogP contribution in [-0.4, -0.2) is 46.4 Å². The minimum atomic E-state index is -0.190. The second-order valence-electron chi connectivity index (χ2n) is 8.78. The van der Waals surface area contributed by atoms with Gasteiger partial charge in [0.1, 0.15) is 17.2 Å². The number of fused-ring (bicyclic) bond motifs is 1. The number of anilines is 1. The molecular weight excluding hydrogens is 484 g/mol. The molecule has 8 nitrogen and oxygen atoms in total. The molecule has 0 bridgehead atoms. The number of ether oxygens (including phenoxy) is 5. The molecule has 0 spiro atoms. The molecule has 196 valence electrons. The van der Waals surface area contributed by atoms with Gasteiger partial charge < -0.3 is 28.8 Å². The van der Waals surface area contributed by atoms with Gasteiger partial charge in [-0.3, -0.25) is 5.01 Å². The van der Waals surface area contributed by atoms with Gasteiger partial charge in [0.05, 0.1) is 53.0 Å². The van der Waals surface area contributed by atoms with Crippen LogP contribution in [0.3, 0.4) is 0 Å². The van der Waals surface area contributed by atoms with Gasteiger partial charge in [-0.05, 0) is 29.1 Å². The maximum absolute atomic E-state index is 10.8. The molecule has 1 aliphatic rings. The Morgan fingerprint density at radius 2 is 1.42 bits per heavy atom. The van der Waals surface area contributed by atoms with E-state index in [1.54, 1.807) is 41.6 Å². The number of phenols is 1. The van der Waals surface area contributed by atoms with Gasteiger partial charge in [0.25, 0.3) is 0 Å². The molecule has 8 heteroatoms. The summed E-state index contributed by atoms with van der Waals surface area (Å²) in [6.45, 7) is 0. The molecule has 1 unspecified atom stereocenters. The fraction of sp³-hybridized carbons (Fsp3) is 0.233. The normalized spacial score (nSPS) is 14.8. The Morgan fingerprint density at radius 3 is 2.03 bits per heavy atom. The second-order valence-corrected chi connectivity index (χ2v) is 8.78. The Labute approximate surface area is 221 Å². The van der Waals surface area contributed by atoms with E-state index in [1.807, 2.05) is 53.5 Å². The SMILES string of the molecule is COc1ccc(C2=NN(c3cc(OC)c(OC)c(OC)c3)C(c3ccc(OC)c4ccccc34)C2)c(O)c1. The van der Waals surface area contributed by atoms with Crippen molar-refractivity contribution in [1.82, 2.24) is 0 Å². The summed E-state index contributed by atoms with van der Waals surface area (Å²) in [5.41, 5.74) is 3.21. The van der Waals surface area contributed by atoms with Crippen LogP contribution in [0.2, 0.25) is 0 Å². The molecular formula is C30H30N2O6. The first-order valence-electron chi connectivity index (χ1n) is 12.1. The number of hydrazone groups is 1. The van der Waals surface area contributed by atoms with E-state index < -0.39 is 0 Å². The predicted molar refractivity (Wildman–Crippen MR) is 148 cm³/mol. The van der Waals surface area contributed by atoms with Crippen molar-refractivity contribution in [3.8, 4) is 34.5 Å². The van der Waals surface area contributed by atoms with Crippen molar-refractivity contribution in [3.05, 3.63) is 77.9 Å². The molecule has 38 heavy (non-hydrogen) atoms. The van der Waals surface area contributed by atoms with E-state index in [-0.39, 0.29) is 11.8 Å². The lowest BCUT2D eigenvalue weighted by atomic mass is 9.93. The van der Waals surface area contributed by atoms with Gasteiger partial charge in [-0.2, -0.15) is 5.10 Å². The molecule has 0 saturated carbocycles. The molecule has 1 atom stereocenters. The summed E-state index contributed by atoms with van der Waals surface area (Å²) >= 11 is 0. The van der Waals surface area contributed by atoms with Crippen LogP contribution in [-0.2, 0) is 0 Å². The highest BCUT2D eigenvalue weighted by atomic mass is 16.5. The first-order valence-corrected chi connectivity index (χ1v) is 12.1. The molecule has 1 N–H and O–H groups in total. The van der Waals surface area contributed by atoms with Crippen molar-refractivity contribution in [3.63, 3.8) is 0 Å². The van der Waals surface area contributed by atoms with Crippen molar-refractivity contribution in [2.24, 2.45) is 5.10 Å². The molecule has 0 aromatic heterocycles. The molecule has 0 amide bonds. The number of aromatic hydroxyl groups is 1. The van der Waals surface area contributed by atoms with Crippen LogP contribution in [0.15, 0.2) is 71.8 Å². The third-order valence-electron chi connectivity index (χ3n) is 6.84. The number of nitrogens with zero attached hydrogens (tertiary/aromatic N) is 2. The smallest absolute Gasteiger partial charge is 0.203 e. The van der Waals surface area contributed by atoms with Gasteiger partial charge in [-0.15, -0.1) is 0 Å². The molecule has 0 radical (unpaired) electrons. The summed E-state index contributed by atoms with van der Waals surface area (Å²) in [6.07, 6.45) is 0.548. The van der Waals surface area contributed by atoms with Crippen LogP contribution in [0.5, 0.6) is 34.5 Å². The molecule has 4 aromatic rings. The molecule has 0 saturated heterocycles. The Bertz CT molecular complexity index is 1490. The van der Waals surface area contributed by atoms with Crippen molar-refractivity contribution in [1.29, 1.82) is 0 Å². The molecule has 0 fully saturated rings. The van der Waals surface area contributed by atoms with Crippen LogP contribution in [0.4, 0.5) is 5.69 Å². The monoisotopic (exact) mass is 514 g/mol. The summed E-state index contributed by atoms with van der Waals surface area (Å²) < 4.78 is 27.7. The van der Waals surface area contributed by atoms with Crippen LogP contribution < -0.4 is 28.7 Å². The van der Waals surface area contributed by atoms with Crippen LogP contribution in [0, 0.1) is 0 Å². The summed E-state index contributed by atoms with van der Waals surface area (Å²) in [6, 6.07) is 21.0. The van der Waals surface area contributed by atoms with Gasteiger partial charge in [0.15, 0.2) is 11.5 Å². The van der Waals surface area contributed by atoms with Crippen molar-refractivity contribution >= 4 is 22.2 Å². The van der Waals surface area contributed by atoms with Gasteiger partial charge in [-0.1, -0.05) is 30.3 Å². The van der Waals surface area contributed by atoms with Crippen molar-refractivity contribution < 1.29 is 28.8 Å².